The Morgan fingerprint density at radius 2 is 2.08 bits per heavy atom. The smallest absolute Gasteiger partial charge is 0.166 e. The van der Waals surface area contributed by atoms with E-state index in [0.29, 0.717) is 12.5 Å². The van der Waals surface area contributed by atoms with Gasteiger partial charge in [-0.2, -0.15) is 0 Å². The Kier molecular flexibility index (Phi) is 1.46. The van der Waals surface area contributed by atoms with E-state index in [9.17, 15) is 5.11 Å². The summed E-state index contributed by atoms with van der Waals surface area (Å²) < 4.78 is 16.1. The predicted octanol–water partition coefficient (Wildman–Crippen LogP) is -0.287. The molecule has 0 aromatic rings. The van der Waals surface area contributed by atoms with Crippen LogP contribution in [0.25, 0.3) is 0 Å². The summed E-state index contributed by atoms with van der Waals surface area (Å²) in [5.41, 5.74) is 0. The van der Waals surface area contributed by atoms with Gasteiger partial charge in [0.2, 0.25) is 0 Å². The van der Waals surface area contributed by atoms with Crippen molar-refractivity contribution in [1.82, 2.24) is 0 Å². The van der Waals surface area contributed by atoms with Gasteiger partial charge < -0.3 is 19.3 Å². The van der Waals surface area contributed by atoms with Gasteiger partial charge in [-0.1, -0.05) is 0 Å². The molecule has 0 saturated carbocycles. The molecule has 2 unspecified atom stereocenters. The largest absolute Gasteiger partial charge is 0.390 e. The van der Waals surface area contributed by atoms with Gasteiger partial charge in [-0.3, -0.25) is 0 Å². The van der Waals surface area contributed by atoms with Crippen molar-refractivity contribution < 1.29 is 19.3 Å². The molecule has 3 rings (SSSR count). The fourth-order valence-corrected chi connectivity index (χ4v) is 2.44. The Hall–Kier alpha value is -0.160. The molecule has 3 aliphatic heterocycles. The second-order valence-corrected chi connectivity index (χ2v) is 3.67. The van der Waals surface area contributed by atoms with E-state index in [4.69, 9.17) is 14.2 Å². The molecule has 3 saturated heterocycles. The van der Waals surface area contributed by atoms with Crippen LogP contribution in [0.1, 0.15) is 6.42 Å². The van der Waals surface area contributed by atoms with E-state index in [1.807, 2.05) is 0 Å². The number of hydrogen-bond acceptors (Lipinski definition) is 4. The molecule has 0 amide bonds. The first-order valence-corrected chi connectivity index (χ1v) is 4.43. The van der Waals surface area contributed by atoms with Crippen molar-refractivity contribution in [3.05, 3.63) is 0 Å². The lowest BCUT2D eigenvalue weighted by Crippen LogP contribution is -2.26. The third-order valence-electron chi connectivity index (χ3n) is 3.04. The summed E-state index contributed by atoms with van der Waals surface area (Å²) in [5, 5.41) is 9.59. The number of hydrogen-bond donors (Lipinski definition) is 1. The van der Waals surface area contributed by atoms with Gasteiger partial charge >= 0.3 is 0 Å². The van der Waals surface area contributed by atoms with Crippen molar-refractivity contribution in [2.24, 2.45) is 11.8 Å². The van der Waals surface area contributed by atoms with Crippen LogP contribution in [0.4, 0.5) is 0 Å². The fraction of sp³-hybridized carbons (Fsp3) is 1.00. The lowest BCUT2D eigenvalue weighted by atomic mass is 9.89. The van der Waals surface area contributed by atoms with E-state index in [1.165, 1.54) is 0 Å². The summed E-state index contributed by atoms with van der Waals surface area (Å²) in [4.78, 5) is 0. The normalized spacial score (nSPS) is 57.2. The molecule has 1 N–H and O–H groups in total. The molecule has 12 heavy (non-hydrogen) atoms. The number of aliphatic hydroxyl groups is 1. The first-order chi connectivity index (χ1) is 5.86. The fourth-order valence-electron chi connectivity index (χ4n) is 2.44. The van der Waals surface area contributed by atoms with E-state index < -0.39 is 0 Å². The zero-order chi connectivity index (χ0) is 8.13. The van der Waals surface area contributed by atoms with Crippen LogP contribution in [0.5, 0.6) is 0 Å². The van der Waals surface area contributed by atoms with Crippen molar-refractivity contribution in [1.29, 1.82) is 0 Å². The topological polar surface area (TPSA) is 47.9 Å². The van der Waals surface area contributed by atoms with Crippen molar-refractivity contribution in [3.8, 4) is 0 Å². The molecule has 0 bridgehead atoms. The molecule has 0 aromatic carbocycles. The predicted molar refractivity (Wildman–Crippen MR) is 38.2 cm³/mol. The standard InChI is InChI=1S/C8H12O4/c9-5-3-11-8-6(5)4-1-2-10-7(4)12-8/h4-9H,1-3H2/t4-,5?,6+,7+,8?/m0/s1. The van der Waals surface area contributed by atoms with Crippen molar-refractivity contribution in [3.63, 3.8) is 0 Å². The lowest BCUT2D eigenvalue weighted by Gasteiger charge is -2.14. The van der Waals surface area contributed by atoms with Crippen LogP contribution in [0.3, 0.4) is 0 Å². The number of fused-ring (bicyclic) bond motifs is 3. The quantitative estimate of drug-likeness (QED) is 0.545. The summed E-state index contributed by atoms with van der Waals surface area (Å²) in [6.45, 7) is 1.17. The molecule has 4 heteroatoms. The lowest BCUT2D eigenvalue weighted by molar-refractivity contribution is -0.188. The third-order valence-corrected chi connectivity index (χ3v) is 3.04. The molecule has 0 radical (unpaired) electrons. The Bertz CT molecular complexity index is 195. The highest BCUT2D eigenvalue weighted by Gasteiger charge is 2.54. The van der Waals surface area contributed by atoms with Crippen LogP contribution in [0, 0.1) is 11.8 Å². The van der Waals surface area contributed by atoms with Gasteiger partial charge in [0.1, 0.15) is 0 Å². The molecular weight excluding hydrogens is 160 g/mol. The van der Waals surface area contributed by atoms with Gasteiger partial charge in [0, 0.05) is 11.8 Å². The van der Waals surface area contributed by atoms with Crippen molar-refractivity contribution >= 4 is 0 Å². The van der Waals surface area contributed by atoms with Gasteiger partial charge in [0.05, 0.1) is 19.3 Å². The molecule has 0 spiro atoms. The Labute approximate surface area is 70.4 Å². The average Bonchev–Trinajstić information content (AvgIpc) is 2.61. The maximum absolute atomic E-state index is 9.59. The molecule has 5 atom stereocenters. The monoisotopic (exact) mass is 172 g/mol. The van der Waals surface area contributed by atoms with E-state index >= 15 is 0 Å². The van der Waals surface area contributed by atoms with Gasteiger partial charge in [-0.15, -0.1) is 0 Å². The highest BCUT2D eigenvalue weighted by Crippen LogP contribution is 2.44. The summed E-state index contributed by atoms with van der Waals surface area (Å²) in [6.07, 6.45) is 0.309. The first-order valence-electron chi connectivity index (χ1n) is 4.43. The molecule has 0 aromatic heterocycles. The number of aliphatic hydroxyl groups excluding tert-OH is 1. The van der Waals surface area contributed by atoms with Crippen molar-refractivity contribution in [2.75, 3.05) is 13.2 Å². The van der Waals surface area contributed by atoms with Gasteiger partial charge in [0.15, 0.2) is 12.6 Å². The Balaban J connectivity index is 1.85. The molecule has 0 aliphatic carbocycles. The van der Waals surface area contributed by atoms with Crippen LogP contribution in [0.2, 0.25) is 0 Å². The first kappa shape index (κ1) is 7.26. The molecule has 4 nitrogen and oxygen atoms in total. The number of ether oxygens (including phenoxy) is 3. The van der Waals surface area contributed by atoms with E-state index in [1.54, 1.807) is 0 Å². The minimum absolute atomic E-state index is 0.116. The Morgan fingerprint density at radius 3 is 3.00 bits per heavy atom. The molecular formula is C8H12O4. The average molecular weight is 172 g/mol. The van der Waals surface area contributed by atoms with E-state index in [0.717, 1.165) is 13.0 Å². The van der Waals surface area contributed by atoms with Crippen LogP contribution >= 0.6 is 0 Å². The number of rotatable bonds is 0. The molecule has 68 valence electrons. The second kappa shape index (κ2) is 2.42. The van der Waals surface area contributed by atoms with Crippen LogP contribution < -0.4 is 0 Å². The highest BCUT2D eigenvalue weighted by atomic mass is 16.8. The van der Waals surface area contributed by atoms with E-state index in [2.05, 4.69) is 0 Å². The van der Waals surface area contributed by atoms with Gasteiger partial charge in [-0.25, -0.2) is 0 Å². The second-order valence-electron chi connectivity index (χ2n) is 3.67. The molecule has 3 fully saturated rings. The summed E-state index contributed by atoms with van der Waals surface area (Å²) in [7, 11) is 0. The minimum atomic E-state index is -0.355. The summed E-state index contributed by atoms with van der Waals surface area (Å²) >= 11 is 0. The Morgan fingerprint density at radius 1 is 1.17 bits per heavy atom. The zero-order valence-electron chi connectivity index (χ0n) is 6.68. The van der Waals surface area contributed by atoms with Crippen LogP contribution in [-0.4, -0.2) is 37.0 Å². The third kappa shape index (κ3) is 0.808. The highest BCUT2D eigenvalue weighted by molar-refractivity contribution is 4.93. The maximum atomic E-state index is 9.59. The SMILES string of the molecule is OC1COC2O[C@H]3OCC[C@H]3[C@H]12. The van der Waals surface area contributed by atoms with Crippen LogP contribution in [0.15, 0.2) is 0 Å². The maximum Gasteiger partial charge on any atom is 0.166 e. The van der Waals surface area contributed by atoms with Gasteiger partial charge in [-0.05, 0) is 6.42 Å². The van der Waals surface area contributed by atoms with Crippen LogP contribution in [-0.2, 0) is 14.2 Å². The van der Waals surface area contributed by atoms with Gasteiger partial charge in [0.25, 0.3) is 0 Å². The van der Waals surface area contributed by atoms with Crippen molar-refractivity contribution in [2.45, 2.75) is 25.1 Å². The zero-order valence-corrected chi connectivity index (χ0v) is 6.68. The summed E-state index contributed by atoms with van der Waals surface area (Å²) in [6, 6.07) is 0. The summed E-state index contributed by atoms with van der Waals surface area (Å²) in [5.74, 6) is 0.505. The molecule has 3 aliphatic rings. The minimum Gasteiger partial charge on any atom is -0.390 e. The molecule has 3 heterocycles. The van der Waals surface area contributed by atoms with E-state index in [-0.39, 0.29) is 24.6 Å².